The summed E-state index contributed by atoms with van der Waals surface area (Å²) in [7, 11) is 0. The maximum Gasteiger partial charge on any atom is 0.242 e. The van der Waals surface area contributed by atoms with Crippen LogP contribution in [0.5, 0.6) is 0 Å². The third-order valence-corrected chi connectivity index (χ3v) is 17.1. The van der Waals surface area contributed by atoms with Crippen LogP contribution in [0, 0.1) is 35.5 Å². The van der Waals surface area contributed by atoms with Crippen molar-refractivity contribution in [2.45, 2.75) is 214 Å². The van der Waals surface area contributed by atoms with E-state index in [0.29, 0.717) is 88.4 Å². The van der Waals surface area contributed by atoms with E-state index in [1.165, 1.54) is 33.3 Å². The van der Waals surface area contributed by atoms with Gasteiger partial charge in [-0.25, -0.2) is 0 Å². The zero-order valence-electron chi connectivity index (χ0n) is 49.5. The molecule has 15 nitrogen and oxygen atoms in total. The van der Waals surface area contributed by atoms with Gasteiger partial charge in [-0.2, -0.15) is 0 Å². The molecule has 4 atom stereocenters. The fourth-order valence-corrected chi connectivity index (χ4v) is 12.2. The van der Waals surface area contributed by atoms with Gasteiger partial charge in [-0.3, -0.25) is 43.4 Å². The standard InChI is InChI=1S/C59H107N5O10S2/c1-12-74-59(10,11)49(39-46(6)7)43-73-35-23-29-61-53(66)27-33-64-56(69)41-51(58(64)71)76-37-20-16-14-18-31-62(54(67)25-21-24-44(2)3)30-17-13-15-19-36-75-50-40-55(68)63(57(50)70)32-26-52(65)60-28-22-34-72-42-48(47(8)9)38-45(4)5/h44-51H,12-43H2,1-11H3,(H,60,65)(H,61,66). The first-order chi connectivity index (χ1) is 36.2. The Kier molecular flexibility index (Phi) is 36.2. The second kappa shape index (κ2) is 39.6. The van der Waals surface area contributed by atoms with Crippen molar-refractivity contribution < 1.29 is 47.8 Å². The molecule has 0 saturated carbocycles. The summed E-state index contributed by atoms with van der Waals surface area (Å²) in [5.41, 5.74) is -0.272. The quantitative estimate of drug-likeness (QED) is 0.0436. The van der Waals surface area contributed by atoms with Gasteiger partial charge in [-0.15, -0.1) is 23.5 Å². The van der Waals surface area contributed by atoms with Crippen molar-refractivity contribution in [2.75, 3.05) is 83.8 Å². The molecule has 0 aromatic rings. The molecule has 17 heteroatoms. The summed E-state index contributed by atoms with van der Waals surface area (Å²) < 4.78 is 17.9. The lowest BCUT2D eigenvalue weighted by Gasteiger charge is -2.35. The average molecular weight is 1110 g/mol. The lowest BCUT2D eigenvalue weighted by atomic mass is 9.84. The van der Waals surface area contributed by atoms with Crippen LogP contribution in [0.25, 0.3) is 0 Å². The molecule has 2 aliphatic rings. The molecular weight excluding hydrogens is 1000 g/mol. The van der Waals surface area contributed by atoms with E-state index >= 15 is 0 Å². The number of carbonyl (C=O) groups is 7. The number of imide groups is 2. The number of unbranched alkanes of at least 4 members (excludes halogenated alkanes) is 6. The fourth-order valence-electron chi connectivity index (χ4n) is 9.80. The van der Waals surface area contributed by atoms with Crippen LogP contribution in [0.4, 0.5) is 0 Å². The van der Waals surface area contributed by atoms with Gasteiger partial charge < -0.3 is 29.7 Å². The van der Waals surface area contributed by atoms with E-state index in [2.05, 4.69) is 79.9 Å². The summed E-state index contributed by atoms with van der Waals surface area (Å²) in [6.07, 6.45) is 14.1. The van der Waals surface area contributed by atoms with Crippen LogP contribution in [-0.4, -0.2) is 156 Å². The Morgan fingerprint density at radius 3 is 1.54 bits per heavy atom. The number of rotatable bonds is 46. The first-order valence-corrected chi connectivity index (χ1v) is 31.8. The number of hydrogen-bond acceptors (Lipinski definition) is 12. The molecule has 440 valence electrons. The van der Waals surface area contributed by atoms with Gasteiger partial charge in [0, 0.05) is 104 Å². The summed E-state index contributed by atoms with van der Waals surface area (Å²) in [5, 5.41) is 5.00. The first-order valence-electron chi connectivity index (χ1n) is 29.7. The third kappa shape index (κ3) is 29.5. The van der Waals surface area contributed by atoms with E-state index in [4.69, 9.17) is 14.2 Å². The number of likely N-dealkylation sites (tertiary alicyclic amines) is 2. The van der Waals surface area contributed by atoms with Crippen LogP contribution in [0.1, 0.15) is 198 Å². The molecular formula is C59H107N5O10S2. The summed E-state index contributed by atoms with van der Waals surface area (Å²) in [6, 6.07) is 0. The van der Waals surface area contributed by atoms with Crippen molar-refractivity contribution >= 4 is 64.9 Å². The summed E-state index contributed by atoms with van der Waals surface area (Å²) in [5.74, 6) is 3.69. The van der Waals surface area contributed by atoms with Crippen LogP contribution in [0.3, 0.4) is 0 Å². The molecule has 0 aromatic heterocycles. The molecule has 0 bridgehead atoms. The lowest BCUT2D eigenvalue weighted by molar-refractivity contribution is -0.140. The molecule has 2 aliphatic heterocycles. The van der Waals surface area contributed by atoms with Crippen LogP contribution < -0.4 is 10.6 Å². The zero-order valence-corrected chi connectivity index (χ0v) is 51.1. The molecule has 4 unspecified atom stereocenters. The second-order valence-electron chi connectivity index (χ2n) is 23.4. The SMILES string of the molecule is CCOC(C)(C)C(COCCCNC(=O)CCN1C(=O)CC(SCCCCCCN(CCCCCCSC2CC(=O)N(CCC(=O)NCCCOCC(CC(C)C)C(C)C)C2=O)C(=O)CCCC(C)C)C1=O)CC(C)C. The van der Waals surface area contributed by atoms with Gasteiger partial charge in [0.25, 0.3) is 0 Å². The third-order valence-electron chi connectivity index (χ3n) is 14.5. The molecule has 0 aliphatic carbocycles. The highest BCUT2D eigenvalue weighted by Gasteiger charge is 2.40. The Morgan fingerprint density at radius 1 is 0.618 bits per heavy atom. The van der Waals surface area contributed by atoms with Gasteiger partial charge >= 0.3 is 0 Å². The number of thioether (sulfide) groups is 2. The van der Waals surface area contributed by atoms with Gasteiger partial charge in [0.15, 0.2) is 0 Å². The van der Waals surface area contributed by atoms with Gasteiger partial charge in [-0.1, -0.05) is 87.5 Å². The average Bonchev–Trinajstić information content (AvgIpc) is 3.78. The largest absolute Gasteiger partial charge is 0.381 e. The lowest BCUT2D eigenvalue weighted by Crippen LogP contribution is -2.38. The Labute approximate surface area is 469 Å². The van der Waals surface area contributed by atoms with Crippen LogP contribution in [0.15, 0.2) is 0 Å². The first kappa shape index (κ1) is 69.4. The van der Waals surface area contributed by atoms with Gasteiger partial charge in [-0.05, 0) is 120 Å². The second-order valence-corrected chi connectivity index (χ2v) is 26.1. The Hall–Kier alpha value is -2.73. The van der Waals surface area contributed by atoms with E-state index in [1.807, 2.05) is 11.8 Å². The number of nitrogens with zero attached hydrogens (tertiary/aromatic N) is 3. The predicted octanol–water partition coefficient (Wildman–Crippen LogP) is 10.1. The molecule has 2 fully saturated rings. The zero-order chi connectivity index (χ0) is 56.5. The number of hydrogen-bond donors (Lipinski definition) is 2. The smallest absolute Gasteiger partial charge is 0.242 e. The topological polar surface area (TPSA) is 181 Å². The molecule has 0 aromatic carbocycles. The molecule has 76 heavy (non-hydrogen) atoms. The Bertz CT molecular complexity index is 1700. The molecule has 2 rings (SSSR count). The van der Waals surface area contributed by atoms with Crippen molar-refractivity contribution in [2.24, 2.45) is 35.5 Å². The molecule has 2 heterocycles. The van der Waals surface area contributed by atoms with Crippen molar-refractivity contribution in [1.29, 1.82) is 0 Å². The van der Waals surface area contributed by atoms with Crippen molar-refractivity contribution in [3.8, 4) is 0 Å². The van der Waals surface area contributed by atoms with E-state index in [1.54, 1.807) is 0 Å². The van der Waals surface area contributed by atoms with Gasteiger partial charge in [0.05, 0.1) is 22.7 Å². The minimum absolute atomic E-state index is 0.0826. The monoisotopic (exact) mass is 1110 g/mol. The summed E-state index contributed by atoms with van der Waals surface area (Å²) in [4.78, 5) is 94.6. The highest BCUT2D eigenvalue weighted by molar-refractivity contribution is 8.00. The normalized spacial score (nSPS) is 17.1. The highest BCUT2D eigenvalue weighted by Crippen LogP contribution is 2.30. The van der Waals surface area contributed by atoms with E-state index in [9.17, 15) is 33.6 Å². The van der Waals surface area contributed by atoms with Crippen LogP contribution in [-0.2, 0) is 47.8 Å². The Morgan fingerprint density at radius 2 is 1.09 bits per heavy atom. The maximum atomic E-state index is 13.3. The predicted molar refractivity (Wildman–Crippen MR) is 310 cm³/mol. The minimum atomic E-state index is -0.405. The van der Waals surface area contributed by atoms with Crippen molar-refractivity contribution in [3.05, 3.63) is 0 Å². The van der Waals surface area contributed by atoms with Crippen molar-refractivity contribution in [3.63, 3.8) is 0 Å². The number of carbonyl (C=O) groups excluding carboxylic acids is 7. The summed E-state index contributed by atoms with van der Waals surface area (Å²) in [6.45, 7) is 29.7. The maximum absolute atomic E-state index is 13.3. The Balaban J connectivity index is 1.61. The molecule has 0 spiro atoms. The fraction of sp³-hybridized carbons (Fsp3) is 0.881. The molecule has 2 N–H and O–H groups in total. The van der Waals surface area contributed by atoms with Gasteiger partial charge in [0.1, 0.15) is 0 Å². The van der Waals surface area contributed by atoms with Crippen LogP contribution in [0.2, 0.25) is 0 Å². The van der Waals surface area contributed by atoms with E-state index < -0.39 is 10.5 Å². The number of amides is 7. The highest BCUT2D eigenvalue weighted by atomic mass is 32.2. The number of ether oxygens (including phenoxy) is 3. The minimum Gasteiger partial charge on any atom is -0.381 e. The van der Waals surface area contributed by atoms with E-state index in [0.717, 1.165) is 108 Å². The summed E-state index contributed by atoms with van der Waals surface area (Å²) >= 11 is 3.06. The van der Waals surface area contributed by atoms with E-state index in [-0.39, 0.29) is 91.6 Å². The molecule has 0 radical (unpaired) electrons. The molecule has 7 amide bonds. The van der Waals surface area contributed by atoms with Crippen molar-refractivity contribution in [1.82, 2.24) is 25.3 Å². The molecule has 2 saturated heterocycles. The van der Waals surface area contributed by atoms with Crippen LogP contribution >= 0.6 is 23.5 Å². The van der Waals surface area contributed by atoms with Gasteiger partial charge in [0.2, 0.25) is 41.4 Å². The number of nitrogens with one attached hydrogen (secondary N) is 2.